The maximum atomic E-state index is 6.49. The third-order valence-electron chi connectivity index (χ3n) is 3.72. The summed E-state index contributed by atoms with van der Waals surface area (Å²) < 4.78 is 0. The molecular formula is C16H27N. The normalized spacial score (nSPS) is 16.6. The monoisotopic (exact) mass is 233 g/mol. The molecule has 0 heterocycles. The van der Waals surface area contributed by atoms with Gasteiger partial charge in [-0.1, -0.05) is 44.9 Å². The molecule has 0 amide bonds. The van der Waals surface area contributed by atoms with E-state index in [1.165, 1.54) is 29.5 Å². The molecule has 0 saturated carbocycles. The van der Waals surface area contributed by atoms with Gasteiger partial charge in [0.05, 0.1) is 0 Å². The van der Waals surface area contributed by atoms with Crippen molar-refractivity contribution in [2.75, 3.05) is 0 Å². The molecule has 1 nitrogen and oxygen atoms in total. The van der Waals surface area contributed by atoms with E-state index in [9.17, 15) is 0 Å². The van der Waals surface area contributed by atoms with E-state index in [2.05, 4.69) is 52.8 Å². The summed E-state index contributed by atoms with van der Waals surface area (Å²) >= 11 is 0. The molecule has 96 valence electrons. The lowest BCUT2D eigenvalue weighted by molar-refractivity contribution is 0.346. The minimum absolute atomic E-state index is 0.201. The molecule has 0 fully saturated rings. The maximum Gasteiger partial charge on any atom is 0.0383 e. The number of nitrogens with two attached hydrogens (primary N) is 1. The first-order valence-corrected chi connectivity index (χ1v) is 6.73. The average Bonchev–Trinajstić information content (AvgIpc) is 2.21. The Hall–Kier alpha value is -0.820. The average molecular weight is 233 g/mol. The molecule has 0 aliphatic carbocycles. The van der Waals surface area contributed by atoms with Crippen molar-refractivity contribution in [1.29, 1.82) is 0 Å². The van der Waals surface area contributed by atoms with Gasteiger partial charge < -0.3 is 5.73 Å². The lowest BCUT2D eigenvalue weighted by Crippen LogP contribution is -2.35. The van der Waals surface area contributed by atoms with Gasteiger partial charge in [0, 0.05) is 5.54 Å². The zero-order valence-corrected chi connectivity index (χ0v) is 12.0. The van der Waals surface area contributed by atoms with Gasteiger partial charge in [-0.3, -0.25) is 0 Å². The number of rotatable bonds is 5. The summed E-state index contributed by atoms with van der Waals surface area (Å²) in [5.74, 6) is 0.691. The molecule has 0 saturated heterocycles. The van der Waals surface area contributed by atoms with E-state index in [-0.39, 0.29) is 5.54 Å². The first-order valence-electron chi connectivity index (χ1n) is 6.73. The van der Waals surface area contributed by atoms with Crippen LogP contribution in [0.4, 0.5) is 0 Å². The highest BCUT2D eigenvalue weighted by Crippen LogP contribution is 2.28. The van der Waals surface area contributed by atoms with E-state index in [0.29, 0.717) is 5.92 Å². The summed E-state index contributed by atoms with van der Waals surface area (Å²) in [6.45, 7) is 11.0. The maximum absolute atomic E-state index is 6.49. The van der Waals surface area contributed by atoms with Gasteiger partial charge in [-0.25, -0.2) is 0 Å². The zero-order chi connectivity index (χ0) is 13.1. The molecule has 2 N–H and O–H groups in total. The summed E-state index contributed by atoms with van der Waals surface area (Å²) in [4.78, 5) is 0. The highest BCUT2D eigenvalue weighted by molar-refractivity contribution is 5.33. The molecule has 17 heavy (non-hydrogen) atoms. The third-order valence-corrected chi connectivity index (χ3v) is 3.72. The Kier molecular flexibility index (Phi) is 4.76. The Labute approximate surface area is 106 Å². The predicted molar refractivity (Wildman–Crippen MR) is 76.1 cm³/mol. The second-order valence-corrected chi connectivity index (χ2v) is 5.81. The second kappa shape index (κ2) is 5.68. The van der Waals surface area contributed by atoms with Crippen LogP contribution in [0.3, 0.4) is 0 Å². The van der Waals surface area contributed by atoms with Crippen molar-refractivity contribution in [2.45, 2.75) is 59.4 Å². The summed E-state index contributed by atoms with van der Waals surface area (Å²) in [5.41, 5.74) is 10.2. The topological polar surface area (TPSA) is 26.0 Å². The summed E-state index contributed by atoms with van der Waals surface area (Å²) in [7, 11) is 0. The first kappa shape index (κ1) is 14.2. The SMILES string of the molecule is CCCC(C)CC(C)(N)c1ccc(C)c(C)c1. The Balaban J connectivity index is 2.84. The lowest BCUT2D eigenvalue weighted by Gasteiger charge is -2.29. The molecule has 2 atom stereocenters. The van der Waals surface area contributed by atoms with Crippen molar-refractivity contribution in [2.24, 2.45) is 11.7 Å². The summed E-state index contributed by atoms with van der Waals surface area (Å²) in [5, 5.41) is 0. The van der Waals surface area contributed by atoms with Gasteiger partial charge in [-0.05, 0) is 49.8 Å². The van der Waals surface area contributed by atoms with Crippen molar-refractivity contribution in [3.63, 3.8) is 0 Å². The van der Waals surface area contributed by atoms with Crippen LogP contribution >= 0.6 is 0 Å². The molecule has 0 radical (unpaired) electrons. The van der Waals surface area contributed by atoms with Crippen molar-refractivity contribution in [3.05, 3.63) is 34.9 Å². The Morgan fingerprint density at radius 2 is 1.88 bits per heavy atom. The second-order valence-electron chi connectivity index (χ2n) is 5.81. The Bertz CT molecular complexity index is 366. The van der Waals surface area contributed by atoms with E-state index in [4.69, 9.17) is 5.73 Å². The van der Waals surface area contributed by atoms with Gasteiger partial charge in [-0.2, -0.15) is 0 Å². The number of benzene rings is 1. The van der Waals surface area contributed by atoms with Crippen molar-refractivity contribution in [1.82, 2.24) is 0 Å². The molecule has 0 aliphatic rings. The smallest absolute Gasteiger partial charge is 0.0383 e. The van der Waals surface area contributed by atoms with Crippen LogP contribution in [0.2, 0.25) is 0 Å². The van der Waals surface area contributed by atoms with E-state index >= 15 is 0 Å². The fraction of sp³-hybridized carbons (Fsp3) is 0.625. The quantitative estimate of drug-likeness (QED) is 0.806. The molecule has 0 spiro atoms. The fourth-order valence-electron chi connectivity index (χ4n) is 2.53. The molecule has 1 rings (SSSR count). The van der Waals surface area contributed by atoms with Gasteiger partial charge in [0.15, 0.2) is 0 Å². The van der Waals surface area contributed by atoms with Gasteiger partial charge in [0.2, 0.25) is 0 Å². The van der Waals surface area contributed by atoms with Crippen LogP contribution in [0.5, 0.6) is 0 Å². The number of hydrogen-bond acceptors (Lipinski definition) is 1. The predicted octanol–water partition coefficient (Wildman–Crippen LogP) is 4.30. The number of hydrogen-bond donors (Lipinski definition) is 1. The molecular weight excluding hydrogens is 206 g/mol. The molecule has 1 aromatic rings. The minimum Gasteiger partial charge on any atom is -0.322 e. The Morgan fingerprint density at radius 3 is 2.41 bits per heavy atom. The standard InChI is InChI=1S/C16H27N/c1-6-7-12(2)11-16(5,17)15-9-8-13(3)14(4)10-15/h8-10,12H,6-7,11,17H2,1-5H3. The summed E-state index contributed by atoms with van der Waals surface area (Å²) in [6.07, 6.45) is 3.56. The van der Waals surface area contributed by atoms with Gasteiger partial charge >= 0.3 is 0 Å². The van der Waals surface area contributed by atoms with E-state index in [0.717, 1.165) is 6.42 Å². The summed E-state index contributed by atoms with van der Waals surface area (Å²) in [6, 6.07) is 6.61. The van der Waals surface area contributed by atoms with Crippen LogP contribution in [0.25, 0.3) is 0 Å². The number of aryl methyl sites for hydroxylation is 2. The molecule has 2 unspecified atom stereocenters. The largest absolute Gasteiger partial charge is 0.322 e. The van der Waals surface area contributed by atoms with Gasteiger partial charge in [-0.15, -0.1) is 0 Å². The third kappa shape index (κ3) is 3.85. The zero-order valence-electron chi connectivity index (χ0n) is 12.0. The van der Waals surface area contributed by atoms with Gasteiger partial charge in [0.1, 0.15) is 0 Å². The molecule has 1 heteroatoms. The van der Waals surface area contributed by atoms with E-state index in [1.807, 2.05) is 0 Å². The van der Waals surface area contributed by atoms with Crippen molar-refractivity contribution >= 4 is 0 Å². The van der Waals surface area contributed by atoms with Crippen LogP contribution in [0.15, 0.2) is 18.2 Å². The van der Waals surface area contributed by atoms with E-state index < -0.39 is 0 Å². The van der Waals surface area contributed by atoms with E-state index in [1.54, 1.807) is 0 Å². The molecule has 0 bridgehead atoms. The van der Waals surface area contributed by atoms with Crippen LogP contribution < -0.4 is 5.73 Å². The molecule has 0 aliphatic heterocycles. The highest BCUT2D eigenvalue weighted by Gasteiger charge is 2.23. The van der Waals surface area contributed by atoms with Crippen LogP contribution in [-0.2, 0) is 5.54 Å². The first-order chi connectivity index (χ1) is 7.86. The fourth-order valence-corrected chi connectivity index (χ4v) is 2.53. The van der Waals surface area contributed by atoms with Crippen molar-refractivity contribution < 1.29 is 0 Å². The lowest BCUT2D eigenvalue weighted by atomic mass is 9.82. The van der Waals surface area contributed by atoms with Gasteiger partial charge in [0.25, 0.3) is 0 Å². The molecule has 1 aromatic carbocycles. The van der Waals surface area contributed by atoms with Crippen LogP contribution in [0, 0.1) is 19.8 Å². The molecule has 0 aromatic heterocycles. The van der Waals surface area contributed by atoms with Crippen LogP contribution in [-0.4, -0.2) is 0 Å². The highest BCUT2D eigenvalue weighted by atomic mass is 14.7. The minimum atomic E-state index is -0.201. The van der Waals surface area contributed by atoms with Crippen molar-refractivity contribution in [3.8, 4) is 0 Å². The Morgan fingerprint density at radius 1 is 1.24 bits per heavy atom. The van der Waals surface area contributed by atoms with Crippen LogP contribution in [0.1, 0.15) is 56.7 Å².